The molecule has 1 aliphatic heterocycles. The average molecular weight is 273 g/mol. The summed E-state index contributed by atoms with van der Waals surface area (Å²) in [6, 6.07) is 6.43. The predicted molar refractivity (Wildman–Crippen MR) is 68.9 cm³/mol. The number of anilines is 1. The Labute approximate surface area is 111 Å². The zero-order valence-corrected chi connectivity index (χ0v) is 10.9. The molecule has 1 saturated heterocycles. The lowest BCUT2D eigenvalue weighted by atomic mass is 10.2. The Morgan fingerprint density at radius 1 is 1.05 bits per heavy atom. The van der Waals surface area contributed by atoms with Crippen LogP contribution in [0, 0.1) is 0 Å². The minimum absolute atomic E-state index is 0.0784. The van der Waals surface area contributed by atoms with Crippen LogP contribution >= 0.6 is 0 Å². The smallest absolute Gasteiger partial charge is 0.304 e. The van der Waals surface area contributed by atoms with Crippen molar-refractivity contribution < 1.29 is 13.2 Å². The van der Waals surface area contributed by atoms with E-state index in [1.165, 1.54) is 17.4 Å². The highest BCUT2D eigenvalue weighted by Crippen LogP contribution is 2.20. The van der Waals surface area contributed by atoms with Gasteiger partial charge in [0, 0.05) is 38.4 Å². The number of hydrogen-bond donors (Lipinski definition) is 1. The summed E-state index contributed by atoms with van der Waals surface area (Å²) in [5.74, 6) is 0. The molecular weight excluding hydrogens is 255 g/mol. The summed E-state index contributed by atoms with van der Waals surface area (Å²) in [4.78, 5) is 4.58. The maximum Gasteiger partial charge on any atom is 0.482 e. The van der Waals surface area contributed by atoms with E-state index in [1.807, 2.05) is 0 Å². The van der Waals surface area contributed by atoms with Crippen LogP contribution in [0.1, 0.15) is 5.56 Å². The largest absolute Gasteiger partial charge is 0.482 e. The van der Waals surface area contributed by atoms with Gasteiger partial charge in [0.1, 0.15) is 0 Å². The van der Waals surface area contributed by atoms with Crippen LogP contribution in [0.5, 0.6) is 0 Å². The summed E-state index contributed by atoms with van der Waals surface area (Å²) in [5.41, 5.74) is 1.12. The number of halogens is 3. The number of nitrogens with one attached hydrogen (secondary N) is 1. The van der Waals surface area contributed by atoms with Crippen molar-refractivity contribution in [3.05, 3.63) is 29.8 Å². The normalized spacial score (nSPS) is 18.5. The second-order valence-corrected chi connectivity index (χ2v) is 4.90. The third-order valence-electron chi connectivity index (χ3n) is 3.24. The molecule has 1 heterocycles. The molecule has 0 spiro atoms. The Balaban J connectivity index is 1.88. The van der Waals surface area contributed by atoms with Crippen LogP contribution in [-0.4, -0.2) is 49.3 Å². The molecule has 0 amide bonds. The summed E-state index contributed by atoms with van der Waals surface area (Å²) >= 11 is 0. The highest BCUT2D eigenvalue weighted by atomic mass is 19.4. The SMILES string of the molecule is CN1CCN(Cc2ccc(NC(F)(F)F)cc2)CC1. The van der Waals surface area contributed by atoms with Gasteiger partial charge in [0.05, 0.1) is 0 Å². The minimum atomic E-state index is -4.38. The maximum absolute atomic E-state index is 12.1. The summed E-state index contributed by atoms with van der Waals surface area (Å²) < 4.78 is 36.4. The summed E-state index contributed by atoms with van der Waals surface area (Å²) in [5, 5.41) is 1.50. The molecular formula is C13H18F3N3. The molecule has 1 aliphatic rings. The lowest BCUT2D eigenvalue weighted by Crippen LogP contribution is -2.43. The van der Waals surface area contributed by atoms with Gasteiger partial charge >= 0.3 is 6.30 Å². The quantitative estimate of drug-likeness (QED) is 0.853. The number of piperazine rings is 1. The number of likely N-dealkylation sites (N-methyl/N-ethyl adjacent to an activating group) is 1. The van der Waals surface area contributed by atoms with Crippen LogP contribution in [0.15, 0.2) is 24.3 Å². The van der Waals surface area contributed by atoms with E-state index in [0.29, 0.717) is 0 Å². The van der Waals surface area contributed by atoms with Crippen molar-refractivity contribution in [2.75, 3.05) is 38.5 Å². The molecule has 1 aromatic rings. The Morgan fingerprint density at radius 3 is 2.16 bits per heavy atom. The first kappa shape index (κ1) is 14.1. The van der Waals surface area contributed by atoms with Gasteiger partial charge in [-0.1, -0.05) is 12.1 Å². The van der Waals surface area contributed by atoms with E-state index >= 15 is 0 Å². The van der Waals surface area contributed by atoms with E-state index in [4.69, 9.17) is 0 Å². The Bertz CT molecular complexity index is 395. The van der Waals surface area contributed by atoms with Crippen molar-refractivity contribution >= 4 is 5.69 Å². The molecule has 19 heavy (non-hydrogen) atoms. The highest BCUT2D eigenvalue weighted by Gasteiger charge is 2.26. The lowest BCUT2D eigenvalue weighted by molar-refractivity contribution is -0.0999. The Morgan fingerprint density at radius 2 is 1.63 bits per heavy atom. The van der Waals surface area contributed by atoms with Crippen molar-refractivity contribution in [2.45, 2.75) is 12.8 Å². The fourth-order valence-corrected chi connectivity index (χ4v) is 2.12. The van der Waals surface area contributed by atoms with Crippen LogP contribution in [0.4, 0.5) is 18.9 Å². The highest BCUT2D eigenvalue weighted by molar-refractivity contribution is 5.45. The molecule has 0 unspecified atom stereocenters. The number of alkyl halides is 3. The van der Waals surface area contributed by atoms with Gasteiger partial charge in [-0.25, -0.2) is 0 Å². The molecule has 0 radical (unpaired) electrons. The van der Waals surface area contributed by atoms with Crippen LogP contribution < -0.4 is 5.32 Å². The van der Waals surface area contributed by atoms with E-state index < -0.39 is 6.30 Å². The predicted octanol–water partition coefficient (Wildman–Crippen LogP) is 2.37. The monoisotopic (exact) mass is 273 g/mol. The zero-order chi connectivity index (χ0) is 13.9. The molecule has 3 nitrogen and oxygen atoms in total. The molecule has 106 valence electrons. The van der Waals surface area contributed by atoms with Gasteiger partial charge in [0.15, 0.2) is 0 Å². The summed E-state index contributed by atoms with van der Waals surface area (Å²) in [6.07, 6.45) is -4.38. The van der Waals surface area contributed by atoms with Crippen LogP contribution in [0.2, 0.25) is 0 Å². The van der Waals surface area contributed by atoms with Crippen molar-refractivity contribution in [1.82, 2.24) is 9.80 Å². The first-order chi connectivity index (χ1) is 8.92. The topological polar surface area (TPSA) is 18.5 Å². The van der Waals surface area contributed by atoms with Crippen molar-refractivity contribution in [3.63, 3.8) is 0 Å². The second-order valence-electron chi connectivity index (χ2n) is 4.90. The van der Waals surface area contributed by atoms with Crippen LogP contribution in [0.25, 0.3) is 0 Å². The van der Waals surface area contributed by atoms with E-state index in [1.54, 1.807) is 12.1 Å². The number of benzene rings is 1. The molecule has 0 atom stereocenters. The molecule has 0 saturated carbocycles. The van der Waals surface area contributed by atoms with E-state index in [-0.39, 0.29) is 5.69 Å². The molecule has 0 aromatic heterocycles. The minimum Gasteiger partial charge on any atom is -0.304 e. The first-order valence-electron chi connectivity index (χ1n) is 6.27. The molecule has 1 N–H and O–H groups in total. The first-order valence-corrected chi connectivity index (χ1v) is 6.27. The molecule has 0 aliphatic carbocycles. The third kappa shape index (κ3) is 4.72. The zero-order valence-electron chi connectivity index (χ0n) is 10.9. The van der Waals surface area contributed by atoms with Crippen molar-refractivity contribution in [2.24, 2.45) is 0 Å². The fraction of sp³-hybridized carbons (Fsp3) is 0.538. The van der Waals surface area contributed by atoms with Crippen LogP contribution in [-0.2, 0) is 6.54 Å². The third-order valence-corrected chi connectivity index (χ3v) is 3.24. The van der Waals surface area contributed by atoms with Gasteiger partial charge in [-0.2, -0.15) is 13.2 Å². The van der Waals surface area contributed by atoms with Crippen molar-refractivity contribution in [1.29, 1.82) is 0 Å². The van der Waals surface area contributed by atoms with E-state index in [0.717, 1.165) is 38.3 Å². The van der Waals surface area contributed by atoms with Gasteiger partial charge in [-0.05, 0) is 24.7 Å². The summed E-state index contributed by atoms with van der Waals surface area (Å²) in [7, 11) is 2.09. The average Bonchev–Trinajstić information content (AvgIpc) is 2.33. The lowest BCUT2D eigenvalue weighted by Gasteiger charge is -2.32. The Kier molecular flexibility index (Phi) is 4.31. The molecule has 2 rings (SSSR count). The molecule has 6 heteroatoms. The van der Waals surface area contributed by atoms with Gasteiger partial charge in [-0.15, -0.1) is 0 Å². The molecule has 1 fully saturated rings. The van der Waals surface area contributed by atoms with E-state index in [9.17, 15) is 13.2 Å². The number of rotatable bonds is 3. The van der Waals surface area contributed by atoms with Gasteiger partial charge < -0.3 is 4.90 Å². The fourth-order valence-electron chi connectivity index (χ4n) is 2.12. The van der Waals surface area contributed by atoms with Crippen molar-refractivity contribution in [3.8, 4) is 0 Å². The second kappa shape index (κ2) is 5.79. The summed E-state index contributed by atoms with van der Waals surface area (Å²) in [6.45, 7) is 4.86. The van der Waals surface area contributed by atoms with Gasteiger partial charge in [0.25, 0.3) is 0 Å². The van der Waals surface area contributed by atoms with Gasteiger partial charge in [0.2, 0.25) is 0 Å². The van der Waals surface area contributed by atoms with Gasteiger partial charge in [-0.3, -0.25) is 10.2 Å². The number of nitrogens with zero attached hydrogens (tertiary/aromatic N) is 2. The molecule has 0 bridgehead atoms. The van der Waals surface area contributed by atoms with Crippen LogP contribution in [0.3, 0.4) is 0 Å². The maximum atomic E-state index is 12.1. The standard InChI is InChI=1S/C13H18F3N3/c1-18-6-8-19(9-7-18)10-11-2-4-12(5-3-11)17-13(14,15)16/h2-5,17H,6-10H2,1H3. The number of hydrogen-bond acceptors (Lipinski definition) is 3. The Hall–Kier alpha value is -1.27. The van der Waals surface area contributed by atoms with E-state index in [2.05, 4.69) is 16.8 Å². The molecule has 1 aromatic carbocycles.